The van der Waals surface area contributed by atoms with Gasteiger partial charge in [-0.25, -0.2) is 4.98 Å². The molecule has 0 aliphatic rings. The molecule has 0 saturated carbocycles. The zero-order valence-electron chi connectivity index (χ0n) is 12.5. The van der Waals surface area contributed by atoms with Gasteiger partial charge in [-0.15, -0.1) is 0 Å². The van der Waals surface area contributed by atoms with Crippen molar-refractivity contribution in [3.63, 3.8) is 0 Å². The van der Waals surface area contributed by atoms with Gasteiger partial charge in [0.25, 0.3) is 5.91 Å². The van der Waals surface area contributed by atoms with Gasteiger partial charge in [0.15, 0.2) is 0 Å². The maximum absolute atomic E-state index is 12.2. The van der Waals surface area contributed by atoms with E-state index in [4.69, 9.17) is 0 Å². The molecule has 0 radical (unpaired) electrons. The molecule has 2 aromatic rings. The van der Waals surface area contributed by atoms with Crippen molar-refractivity contribution in [2.24, 2.45) is 0 Å². The normalized spacial score (nSPS) is 10.2. The van der Waals surface area contributed by atoms with Crippen molar-refractivity contribution in [3.05, 3.63) is 59.3 Å². The molecule has 0 atom stereocenters. The number of nitrogens with one attached hydrogen (secondary N) is 2. The van der Waals surface area contributed by atoms with Crippen LogP contribution in [-0.4, -0.2) is 17.4 Å². The molecule has 1 amide bonds. The highest BCUT2D eigenvalue weighted by molar-refractivity contribution is 5.94. The smallest absolute Gasteiger partial charge is 0.251 e. The Morgan fingerprint density at radius 3 is 2.62 bits per heavy atom. The number of anilines is 1. The van der Waals surface area contributed by atoms with Crippen molar-refractivity contribution in [3.8, 4) is 0 Å². The first-order valence-electron chi connectivity index (χ1n) is 7.29. The van der Waals surface area contributed by atoms with Gasteiger partial charge >= 0.3 is 0 Å². The monoisotopic (exact) mass is 283 g/mol. The van der Waals surface area contributed by atoms with Gasteiger partial charge < -0.3 is 10.6 Å². The SMILES string of the molecule is CCNc1cc(C(=O)NCc2ccccc2CC)ccn1. The molecule has 0 fully saturated rings. The molecule has 2 rings (SSSR count). The molecule has 0 saturated heterocycles. The van der Waals surface area contributed by atoms with Crippen LogP contribution in [0.5, 0.6) is 0 Å². The number of amides is 1. The quantitative estimate of drug-likeness (QED) is 0.857. The number of carbonyl (C=O) groups excluding carboxylic acids is 1. The Kier molecular flexibility index (Phi) is 5.32. The van der Waals surface area contributed by atoms with Crippen molar-refractivity contribution < 1.29 is 4.79 Å². The topological polar surface area (TPSA) is 54.0 Å². The fraction of sp³-hybridized carbons (Fsp3) is 0.294. The van der Waals surface area contributed by atoms with Crippen LogP contribution in [0.1, 0.15) is 35.3 Å². The van der Waals surface area contributed by atoms with Gasteiger partial charge in [-0.1, -0.05) is 31.2 Å². The number of hydrogen-bond acceptors (Lipinski definition) is 3. The largest absolute Gasteiger partial charge is 0.370 e. The van der Waals surface area contributed by atoms with Crippen LogP contribution in [-0.2, 0) is 13.0 Å². The fourth-order valence-electron chi connectivity index (χ4n) is 2.20. The van der Waals surface area contributed by atoms with Crippen LogP contribution >= 0.6 is 0 Å². The van der Waals surface area contributed by atoms with Gasteiger partial charge in [0, 0.05) is 24.8 Å². The van der Waals surface area contributed by atoms with Crippen LogP contribution in [0.15, 0.2) is 42.6 Å². The van der Waals surface area contributed by atoms with E-state index >= 15 is 0 Å². The molecule has 2 N–H and O–H groups in total. The first-order valence-corrected chi connectivity index (χ1v) is 7.29. The number of pyridine rings is 1. The third-order valence-electron chi connectivity index (χ3n) is 3.32. The van der Waals surface area contributed by atoms with Crippen LogP contribution < -0.4 is 10.6 Å². The second-order valence-corrected chi connectivity index (χ2v) is 4.77. The van der Waals surface area contributed by atoms with E-state index in [9.17, 15) is 4.79 Å². The van der Waals surface area contributed by atoms with Gasteiger partial charge in [-0.05, 0) is 36.6 Å². The van der Waals surface area contributed by atoms with E-state index in [1.165, 1.54) is 5.56 Å². The summed E-state index contributed by atoms with van der Waals surface area (Å²) in [4.78, 5) is 16.4. The van der Waals surface area contributed by atoms with Crippen LogP contribution in [0.25, 0.3) is 0 Å². The molecule has 0 aliphatic heterocycles. The van der Waals surface area contributed by atoms with E-state index in [-0.39, 0.29) is 5.91 Å². The number of benzene rings is 1. The minimum absolute atomic E-state index is 0.0811. The Bertz CT molecular complexity index is 610. The Morgan fingerprint density at radius 1 is 1.14 bits per heavy atom. The highest BCUT2D eigenvalue weighted by Crippen LogP contribution is 2.10. The van der Waals surface area contributed by atoms with Crippen molar-refractivity contribution >= 4 is 11.7 Å². The van der Waals surface area contributed by atoms with E-state index in [2.05, 4.69) is 34.7 Å². The number of hydrogen-bond donors (Lipinski definition) is 2. The molecule has 110 valence electrons. The van der Waals surface area contributed by atoms with E-state index in [0.29, 0.717) is 12.1 Å². The summed E-state index contributed by atoms with van der Waals surface area (Å²) in [5.74, 6) is 0.640. The number of aryl methyl sites for hydroxylation is 1. The number of nitrogens with zero attached hydrogens (tertiary/aromatic N) is 1. The van der Waals surface area contributed by atoms with E-state index in [1.54, 1.807) is 18.3 Å². The highest BCUT2D eigenvalue weighted by atomic mass is 16.1. The molecule has 0 aliphatic carbocycles. The van der Waals surface area contributed by atoms with Crippen LogP contribution in [0.2, 0.25) is 0 Å². The van der Waals surface area contributed by atoms with Crippen LogP contribution in [0, 0.1) is 0 Å². The van der Waals surface area contributed by atoms with Gasteiger partial charge in [0.2, 0.25) is 0 Å². The van der Waals surface area contributed by atoms with Gasteiger partial charge in [-0.3, -0.25) is 4.79 Å². The summed E-state index contributed by atoms with van der Waals surface area (Å²) in [6.45, 7) is 5.44. The average Bonchev–Trinajstić information content (AvgIpc) is 2.53. The second kappa shape index (κ2) is 7.43. The maximum atomic E-state index is 12.2. The molecule has 1 heterocycles. The summed E-state index contributed by atoms with van der Waals surface area (Å²) in [6, 6.07) is 11.7. The van der Waals surface area contributed by atoms with E-state index < -0.39 is 0 Å². The van der Waals surface area contributed by atoms with Crippen LogP contribution in [0.3, 0.4) is 0 Å². The molecular formula is C17H21N3O. The molecular weight excluding hydrogens is 262 g/mol. The molecule has 4 heteroatoms. The van der Waals surface area contributed by atoms with Crippen molar-refractivity contribution in [1.82, 2.24) is 10.3 Å². The van der Waals surface area contributed by atoms with Crippen molar-refractivity contribution in [2.45, 2.75) is 26.8 Å². The summed E-state index contributed by atoms with van der Waals surface area (Å²) in [5, 5.41) is 6.07. The first kappa shape index (κ1) is 15.0. The summed E-state index contributed by atoms with van der Waals surface area (Å²) >= 11 is 0. The Labute approximate surface area is 125 Å². The summed E-state index contributed by atoms with van der Waals surface area (Å²) in [7, 11) is 0. The fourth-order valence-corrected chi connectivity index (χ4v) is 2.20. The summed E-state index contributed by atoms with van der Waals surface area (Å²) in [6.07, 6.45) is 2.61. The van der Waals surface area contributed by atoms with Crippen molar-refractivity contribution in [2.75, 3.05) is 11.9 Å². The Balaban J connectivity index is 2.03. The third-order valence-corrected chi connectivity index (χ3v) is 3.32. The van der Waals surface area contributed by atoms with E-state index in [0.717, 1.165) is 24.3 Å². The lowest BCUT2D eigenvalue weighted by Crippen LogP contribution is -2.23. The average molecular weight is 283 g/mol. The predicted molar refractivity (Wildman–Crippen MR) is 85.4 cm³/mol. The highest BCUT2D eigenvalue weighted by Gasteiger charge is 2.07. The second-order valence-electron chi connectivity index (χ2n) is 4.77. The van der Waals surface area contributed by atoms with Gasteiger partial charge in [0.05, 0.1) is 0 Å². The first-order chi connectivity index (χ1) is 10.2. The minimum atomic E-state index is -0.0811. The number of aromatic nitrogens is 1. The molecule has 0 bridgehead atoms. The third kappa shape index (κ3) is 4.05. The zero-order chi connectivity index (χ0) is 15.1. The van der Waals surface area contributed by atoms with Crippen molar-refractivity contribution in [1.29, 1.82) is 0 Å². The zero-order valence-corrected chi connectivity index (χ0v) is 12.5. The lowest BCUT2D eigenvalue weighted by molar-refractivity contribution is 0.0951. The Hall–Kier alpha value is -2.36. The lowest BCUT2D eigenvalue weighted by atomic mass is 10.1. The molecule has 1 aromatic carbocycles. The number of carbonyl (C=O) groups is 1. The minimum Gasteiger partial charge on any atom is -0.370 e. The summed E-state index contributed by atoms with van der Waals surface area (Å²) < 4.78 is 0. The molecule has 0 spiro atoms. The van der Waals surface area contributed by atoms with E-state index in [1.807, 2.05) is 19.1 Å². The van der Waals surface area contributed by atoms with Gasteiger partial charge in [0.1, 0.15) is 5.82 Å². The maximum Gasteiger partial charge on any atom is 0.251 e. The van der Waals surface area contributed by atoms with Crippen LogP contribution in [0.4, 0.5) is 5.82 Å². The molecule has 1 aromatic heterocycles. The number of rotatable bonds is 6. The standard InChI is InChI=1S/C17H21N3O/c1-3-13-7-5-6-8-15(13)12-20-17(21)14-9-10-19-16(11-14)18-4-2/h5-11H,3-4,12H2,1-2H3,(H,18,19)(H,20,21). The molecule has 21 heavy (non-hydrogen) atoms. The van der Waals surface area contributed by atoms with Gasteiger partial charge in [-0.2, -0.15) is 0 Å². The lowest BCUT2D eigenvalue weighted by Gasteiger charge is -2.10. The Morgan fingerprint density at radius 2 is 1.90 bits per heavy atom. The molecule has 0 unspecified atom stereocenters. The predicted octanol–water partition coefficient (Wildman–Crippen LogP) is 3.01. The summed E-state index contributed by atoms with van der Waals surface area (Å²) in [5.41, 5.74) is 3.05. The molecule has 4 nitrogen and oxygen atoms in total.